The number of nitrogens with zero attached hydrogens (tertiary/aromatic N) is 1. The lowest BCUT2D eigenvalue weighted by atomic mass is 9.92. The van der Waals surface area contributed by atoms with Gasteiger partial charge in [0.25, 0.3) is 0 Å². The maximum Gasteiger partial charge on any atom is 0.118 e. The highest BCUT2D eigenvalue weighted by atomic mass is 32.1. The summed E-state index contributed by atoms with van der Waals surface area (Å²) in [5.74, 6) is 0.869. The van der Waals surface area contributed by atoms with E-state index in [0.717, 1.165) is 34.9 Å². The van der Waals surface area contributed by atoms with Crippen molar-refractivity contribution >= 4 is 11.3 Å². The number of nitrogens with two attached hydrogens (primary N) is 1. The van der Waals surface area contributed by atoms with Gasteiger partial charge >= 0.3 is 0 Å². The molecule has 3 rings (SSSR count). The largest absolute Gasteiger partial charge is 0.497 e. The Bertz CT molecular complexity index is 583. The van der Waals surface area contributed by atoms with Gasteiger partial charge in [-0.05, 0) is 37.1 Å². The SMILES string of the molecule is COc1ccc(-c2csc(C3(N)CCCCCC3)n2)cc1. The van der Waals surface area contributed by atoms with Crippen molar-refractivity contribution in [2.45, 2.75) is 44.1 Å². The number of ether oxygens (including phenoxy) is 1. The van der Waals surface area contributed by atoms with Crippen molar-refractivity contribution in [2.24, 2.45) is 5.73 Å². The van der Waals surface area contributed by atoms with E-state index < -0.39 is 0 Å². The molecule has 0 amide bonds. The molecule has 21 heavy (non-hydrogen) atoms. The van der Waals surface area contributed by atoms with Crippen LogP contribution in [0.2, 0.25) is 0 Å². The number of aromatic nitrogens is 1. The molecule has 0 aliphatic heterocycles. The van der Waals surface area contributed by atoms with Crippen LogP contribution in [-0.2, 0) is 5.54 Å². The first-order valence-corrected chi connectivity index (χ1v) is 8.48. The maximum atomic E-state index is 6.65. The van der Waals surface area contributed by atoms with Gasteiger partial charge in [-0.1, -0.05) is 25.7 Å². The van der Waals surface area contributed by atoms with E-state index in [2.05, 4.69) is 5.38 Å². The molecule has 1 fully saturated rings. The van der Waals surface area contributed by atoms with Crippen LogP contribution >= 0.6 is 11.3 Å². The van der Waals surface area contributed by atoms with Crippen molar-refractivity contribution in [1.29, 1.82) is 0 Å². The van der Waals surface area contributed by atoms with Crippen LogP contribution < -0.4 is 10.5 Å². The van der Waals surface area contributed by atoms with Crippen molar-refractivity contribution in [1.82, 2.24) is 4.98 Å². The zero-order chi connectivity index (χ0) is 14.7. The molecule has 1 saturated carbocycles. The molecule has 1 aliphatic carbocycles. The molecule has 112 valence electrons. The molecule has 2 aromatic rings. The van der Waals surface area contributed by atoms with Crippen LogP contribution in [0, 0.1) is 0 Å². The smallest absolute Gasteiger partial charge is 0.118 e. The summed E-state index contributed by atoms with van der Waals surface area (Å²) in [6, 6.07) is 8.04. The van der Waals surface area contributed by atoms with E-state index in [1.54, 1.807) is 18.4 Å². The number of hydrogen-bond donors (Lipinski definition) is 1. The van der Waals surface area contributed by atoms with Crippen LogP contribution in [0.5, 0.6) is 5.75 Å². The van der Waals surface area contributed by atoms with Gasteiger partial charge in [0, 0.05) is 10.9 Å². The van der Waals surface area contributed by atoms with Crippen molar-refractivity contribution in [3.05, 3.63) is 34.7 Å². The summed E-state index contributed by atoms with van der Waals surface area (Å²) in [7, 11) is 1.68. The second-order valence-electron chi connectivity index (χ2n) is 5.84. The molecule has 1 aromatic carbocycles. The average molecular weight is 302 g/mol. The Morgan fingerprint density at radius 3 is 2.38 bits per heavy atom. The third kappa shape index (κ3) is 3.11. The van der Waals surface area contributed by atoms with Crippen molar-refractivity contribution in [3.8, 4) is 17.0 Å². The second-order valence-corrected chi connectivity index (χ2v) is 6.69. The predicted octanol–water partition coefficient (Wildman–Crippen LogP) is 4.33. The minimum Gasteiger partial charge on any atom is -0.497 e. The summed E-state index contributed by atoms with van der Waals surface area (Å²) in [5, 5.41) is 3.21. The Balaban J connectivity index is 1.84. The predicted molar refractivity (Wildman–Crippen MR) is 87.7 cm³/mol. The van der Waals surface area contributed by atoms with E-state index in [9.17, 15) is 0 Å². The Labute approximate surface area is 130 Å². The van der Waals surface area contributed by atoms with Crippen molar-refractivity contribution < 1.29 is 4.74 Å². The van der Waals surface area contributed by atoms with Gasteiger partial charge < -0.3 is 10.5 Å². The van der Waals surface area contributed by atoms with Crippen LogP contribution in [0.25, 0.3) is 11.3 Å². The molecular weight excluding hydrogens is 280 g/mol. The molecule has 0 bridgehead atoms. The van der Waals surface area contributed by atoms with E-state index in [1.165, 1.54) is 25.7 Å². The first kappa shape index (κ1) is 14.5. The highest BCUT2D eigenvalue weighted by Crippen LogP contribution is 2.37. The number of methoxy groups -OCH3 is 1. The zero-order valence-electron chi connectivity index (χ0n) is 12.5. The van der Waals surface area contributed by atoms with Crippen LogP contribution in [0.3, 0.4) is 0 Å². The summed E-state index contributed by atoms with van der Waals surface area (Å²) >= 11 is 1.70. The van der Waals surface area contributed by atoms with Gasteiger partial charge in [0.1, 0.15) is 10.8 Å². The summed E-state index contributed by atoms with van der Waals surface area (Å²) in [4.78, 5) is 4.83. The topological polar surface area (TPSA) is 48.1 Å². The number of rotatable bonds is 3. The third-order valence-corrected chi connectivity index (χ3v) is 5.37. The molecule has 2 N–H and O–H groups in total. The number of thiazole rings is 1. The molecule has 0 atom stereocenters. The fraction of sp³-hybridized carbons (Fsp3) is 0.471. The third-order valence-electron chi connectivity index (χ3n) is 4.31. The normalized spacial score (nSPS) is 18.2. The van der Waals surface area contributed by atoms with Gasteiger partial charge in [0.15, 0.2) is 0 Å². The summed E-state index contributed by atoms with van der Waals surface area (Å²) in [6.07, 6.45) is 7.15. The summed E-state index contributed by atoms with van der Waals surface area (Å²) < 4.78 is 5.20. The fourth-order valence-electron chi connectivity index (χ4n) is 2.97. The van der Waals surface area contributed by atoms with Crippen LogP contribution in [0.15, 0.2) is 29.6 Å². The maximum absolute atomic E-state index is 6.65. The minimum atomic E-state index is -0.216. The van der Waals surface area contributed by atoms with Gasteiger partial charge in [-0.3, -0.25) is 0 Å². The standard InChI is InChI=1S/C17H22N2OS/c1-20-14-8-6-13(7-9-14)15-12-21-16(19-15)17(18)10-4-2-3-5-11-17/h6-9,12H,2-5,10-11,18H2,1H3. The zero-order valence-corrected chi connectivity index (χ0v) is 13.3. The van der Waals surface area contributed by atoms with Gasteiger partial charge in [-0.2, -0.15) is 0 Å². The molecule has 0 saturated heterocycles. The van der Waals surface area contributed by atoms with E-state index in [-0.39, 0.29) is 5.54 Å². The lowest BCUT2D eigenvalue weighted by Crippen LogP contribution is -2.35. The fourth-order valence-corrected chi connectivity index (χ4v) is 3.97. The molecule has 1 aromatic heterocycles. The first-order chi connectivity index (χ1) is 10.2. The Morgan fingerprint density at radius 1 is 1.10 bits per heavy atom. The van der Waals surface area contributed by atoms with E-state index in [1.807, 2.05) is 24.3 Å². The lowest BCUT2D eigenvalue weighted by molar-refractivity contribution is 0.384. The molecule has 0 radical (unpaired) electrons. The lowest BCUT2D eigenvalue weighted by Gasteiger charge is -2.25. The van der Waals surface area contributed by atoms with Gasteiger partial charge in [-0.25, -0.2) is 4.98 Å². The highest BCUT2D eigenvalue weighted by molar-refractivity contribution is 7.10. The van der Waals surface area contributed by atoms with Gasteiger partial charge in [-0.15, -0.1) is 11.3 Å². The molecular formula is C17H22N2OS. The Morgan fingerprint density at radius 2 is 1.76 bits per heavy atom. The molecule has 3 nitrogen and oxygen atoms in total. The Hall–Kier alpha value is -1.39. The number of hydrogen-bond acceptors (Lipinski definition) is 4. The highest BCUT2D eigenvalue weighted by Gasteiger charge is 2.31. The minimum absolute atomic E-state index is 0.216. The molecule has 1 heterocycles. The van der Waals surface area contributed by atoms with E-state index in [0.29, 0.717) is 0 Å². The van der Waals surface area contributed by atoms with Crippen LogP contribution in [0.1, 0.15) is 43.5 Å². The quantitative estimate of drug-likeness (QED) is 0.859. The molecule has 0 spiro atoms. The molecule has 4 heteroatoms. The van der Waals surface area contributed by atoms with Crippen LogP contribution in [0.4, 0.5) is 0 Å². The van der Waals surface area contributed by atoms with E-state index in [4.69, 9.17) is 15.5 Å². The average Bonchev–Trinajstić information content (AvgIpc) is 2.92. The van der Waals surface area contributed by atoms with Gasteiger partial charge in [0.2, 0.25) is 0 Å². The summed E-state index contributed by atoms with van der Waals surface area (Å²) in [6.45, 7) is 0. The first-order valence-electron chi connectivity index (χ1n) is 7.61. The Kier molecular flexibility index (Phi) is 4.27. The molecule has 0 unspecified atom stereocenters. The molecule has 1 aliphatic rings. The van der Waals surface area contributed by atoms with Crippen molar-refractivity contribution in [2.75, 3.05) is 7.11 Å². The van der Waals surface area contributed by atoms with E-state index >= 15 is 0 Å². The van der Waals surface area contributed by atoms with Crippen LogP contribution in [-0.4, -0.2) is 12.1 Å². The number of benzene rings is 1. The van der Waals surface area contributed by atoms with Gasteiger partial charge in [0.05, 0.1) is 18.3 Å². The second kappa shape index (κ2) is 6.16. The van der Waals surface area contributed by atoms with Crippen molar-refractivity contribution in [3.63, 3.8) is 0 Å². The monoisotopic (exact) mass is 302 g/mol. The summed E-state index contributed by atoms with van der Waals surface area (Å²) in [5.41, 5.74) is 8.57.